The molecule has 0 amide bonds. The quantitative estimate of drug-likeness (QED) is 0.756. The topological polar surface area (TPSA) is 72.1 Å². The maximum Gasteiger partial charge on any atom is 0.323 e. The monoisotopic (exact) mass is 247 g/mol. The standard InChI is InChI=1S/C13H17N3O2/c1-16(7-13(8-17)4-5-13)9-2-3-10-11(6-9)15-12(18)14-10/h2-3,6,17H,4-5,7-8H2,1H3,(H2,14,15,18). The molecule has 3 rings (SSSR count). The largest absolute Gasteiger partial charge is 0.396 e. The molecule has 1 aliphatic carbocycles. The lowest BCUT2D eigenvalue weighted by molar-refractivity contribution is 0.215. The third kappa shape index (κ3) is 1.90. The van der Waals surface area contributed by atoms with E-state index in [1.165, 1.54) is 0 Å². The van der Waals surface area contributed by atoms with Gasteiger partial charge in [0.2, 0.25) is 0 Å². The molecule has 1 saturated carbocycles. The number of aromatic amines is 2. The number of hydrogen-bond acceptors (Lipinski definition) is 3. The molecule has 0 unspecified atom stereocenters. The lowest BCUT2D eigenvalue weighted by atomic mass is 10.1. The van der Waals surface area contributed by atoms with Crippen molar-refractivity contribution >= 4 is 16.7 Å². The summed E-state index contributed by atoms with van der Waals surface area (Å²) in [5, 5.41) is 9.35. The molecule has 0 radical (unpaired) electrons. The molecule has 96 valence electrons. The number of rotatable bonds is 4. The summed E-state index contributed by atoms with van der Waals surface area (Å²) < 4.78 is 0. The van der Waals surface area contributed by atoms with Gasteiger partial charge >= 0.3 is 5.69 Å². The summed E-state index contributed by atoms with van der Waals surface area (Å²) in [7, 11) is 2.02. The highest BCUT2D eigenvalue weighted by atomic mass is 16.3. The number of aromatic nitrogens is 2. The Morgan fingerprint density at radius 1 is 1.33 bits per heavy atom. The predicted octanol–water partition coefficient (Wildman–Crippen LogP) is 1.06. The Morgan fingerprint density at radius 2 is 2.06 bits per heavy atom. The van der Waals surface area contributed by atoms with Gasteiger partial charge < -0.3 is 20.0 Å². The molecule has 18 heavy (non-hydrogen) atoms. The normalized spacial score (nSPS) is 17.0. The second-order valence-electron chi connectivity index (χ2n) is 5.32. The Labute approximate surface area is 104 Å². The van der Waals surface area contributed by atoms with Crippen LogP contribution in [0.3, 0.4) is 0 Å². The van der Waals surface area contributed by atoms with Gasteiger partial charge in [0.05, 0.1) is 17.6 Å². The first-order valence-corrected chi connectivity index (χ1v) is 6.16. The summed E-state index contributed by atoms with van der Waals surface area (Å²) in [6, 6.07) is 5.85. The van der Waals surface area contributed by atoms with E-state index in [0.29, 0.717) is 0 Å². The van der Waals surface area contributed by atoms with E-state index >= 15 is 0 Å². The van der Waals surface area contributed by atoms with Crippen molar-refractivity contribution in [2.24, 2.45) is 5.41 Å². The molecule has 0 atom stereocenters. The van der Waals surface area contributed by atoms with Crippen LogP contribution in [0, 0.1) is 5.41 Å². The average molecular weight is 247 g/mol. The Hall–Kier alpha value is -1.75. The fraction of sp³-hybridized carbons (Fsp3) is 0.462. The Bertz CT molecular complexity index is 624. The molecule has 0 spiro atoms. The van der Waals surface area contributed by atoms with E-state index in [-0.39, 0.29) is 17.7 Å². The van der Waals surface area contributed by atoms with E-state index in [0.717, 1.165) is 36.1 Å². The minimum absolute atomic E-state index is 0.0925. The second kappa shape index (κ2) is 3.88. The van der Waals surface area contributed by atoms with Gasteiger partial charge in [-0.3, -0.25) is 0 Å². The maximum absolute atomic E-state index is 11.2. The predicted molar refractivity (Wildman–Crippen MR) is 70.9 cm³/mol. The summed E-state index contributed by atoms with van der Waals surface area (Å²) in [4.78, 5) is 18.8. The minimum Gasteiger partial charge on any atom is -0.396 e. The van der Waals surface area contributed by atoms with Gasteiger partial charge in [-0.25, -0.2) is 4.79 Å². The molecule has 1 aromatic carbocycles. The molecule has 1 heterocycles. The van der Waals surface area contributed by atoms with Crippen molar-refractivity contribution in [3.05, 3.63) is 28.7 Å². The number of anilines is 1. The average Bonchev–Trinajstić information content (AvgIpc) is 3.01. The van der Waals surface area contributed by atoms with E-state index in [1.54, 1.807) is 0 Å². The summed E-state index contributed by atoms with van der Waals surface area (Å²) in [6.07, 6.45) is 2.19. The van der Waals surface area contributed by atoms with Crippen molar-refractivity contribution in [1.29, 1.82) is 0 Å². The molecule has 0 aliphatic heterocycles. The van der Waals surface area contributed by atoms with Gasteiger partial charge in [-0.15, -0.1) is 0 Å². The fourth-order valence-corrected chi connectivity index (χ4v) is 2.40. The van der Waals surface area contributed by atoms with Crippen LogP contribution >= 0.6 is 0 Å². The Balaban J connectivity index is 1.86. The first-order valence-electron chi connectivity index (χ1n) is 6.16. The van der Waals surface area contributed by atoms with Crippen LogP contribution in [0.1, 0.15) is 12.8 Å². The van der Waals surface area contributed by atoms with Crippen molar-refractivity contribution in [2.45, 2.75) is 12.8 Å². The smallest absolute Gasteiger partial charge is 0.323 e. The third-order valence-corrected chi connectivity index (χ3v) is 3.81. The van der Waals surface area contributed by atoms with Crippen LogP contribution in [0.2, 0.25) is 0 Å². The number of nitrogens with zero attached hydrogens (tertiary/aromatic N) is 1. The minimum atomic E-state index is -0.182. The van der Waals surface area contributed by atoms with Gasteiger partial charge in [0.1, 0.15) is 0 Å². The van der Waals surface area contributed by atoms with Crippen LogP contribution in [0.4, 0.5) is 5.69 Å². The zero-order valence-corrected chi connectivity index (χ0v) is 10.4. The van der Waals surface area contributed by atoms with Gasteiger partial charge in [0.25, 0.3) is 0 Å². The van der Waals surface area contributed by atoms with Gasteiger partial charge in [0, 0.05) is 24.7 Å². The number of aliphatic hydroxyl groups excluding tert-OH is 1. The fourth-order valence-electron chi connectivity index (χ4n) is 2.40. The summed E-state index contributed by atoms with van der Waals surface area (Å²) in [6.45, 7) is 1.10. The highest BCUT2D eigenvalue weighted by Crippen LogP contribution is 2.46. The molecule has 0 bridgehead atoms. The maximum atomic E-state index is 11.2. The van der Waals surface area contributed by atoms with Crippen molar-refractivity contribution in [3.8, 4) is 0 Å². The van der Waals surface area contributed by atoms with E-state index in [4.69, 9.17) is 0 Å². The first-order chi connectivity index (χ1) is 8.62. The second-order valence-corrected chi connectivity index (χ2v) is 5.32. The van der Waals surface area contributed by atoms with E-state index < -0.39 is 0 Å². The molecule has 5 nitrogen and oxygen atoms in total. The van der Waals surface area contributed by atoms with Gasteiger partial charge in [-0.2, -0.15) is 0 Å². The van der Waals surface area contributed by atoms with Gasteiger partial charge in [0.15, 0.2) is 0 Å². The van der Waals surface area contributed by atoms with Crippen LogP contribution in [0.15, 0.2) is 23.0 Å². The van der Waals surface area contributed by atoms with Crippen molar-refractivity contribution in [1.82, 2.24) is 9.97 Å². The molecule has 3 N–H and O–H groups in total. The van der Waals surface area contributed by atoms with Crippen LogP contribution in [-0.4, -0.2) is 35.3 Å². The van der Waals surface area contributed by atoms with Crippen molar-refractivity contribution < 1.29 is 5.11 Å². The highest BCUT2D eigenvalue weighted by Gasteiger charge is 2.42. The van der Waals surface area contributed by atoms with Crippen molar-refractivity contribution in [3.63, 3.8) is 0 Å². The highest BCUT2D eigenvalue weighted by molar-refractivity contribution is 5.78. The van der Waals surface area contributed by atoms with Crippen LogP contribution in [0.5, 0.6) is 0 Å². The number of nitrogens with one attached hydrogen (secondary N) is 2. The molecular formula is C13H17N3O2. The number of H-pyrrole nitrogens is 2. The van der Waals surface area contributed by atoms with Gasteiger partial charge in [-0.1, -0.05) is 0 Å². The summed E-state index contributed by atoms with van der Waals surface area (Å²) in [5.41, 5.74) is 2.60. The van der Waals surface area contributed by atoms with Gasteiger partial charge in [-0.05, 0) is 31.0 Å². The Kier molecular flexibility index (Phi) is 2.45. The lowest BCUT2D eigenvalue weighted by Crippen LogP contribution is -2.28. The van der Waals surface area contributed by atoms with Crippen LogP contribution in [0.25, 0.3) is 11.0 Å². The zero-order chi connectivity index (χ0) is 12.8. The van der Waals surface area contributed by atoms with E-state index in [1.807, 2.05) is 25.2 Å². The molecule has 2 aromatic rings. The summed E-state index contributed by atoms with van der Waals surface area (Å²) >= 11 is 0. The third-order valence-electron chi connectivity index (χ3n) is 3.81. The number of hydrogen-bond donors (Lipinski definition) is 3. The molecule has 5 heteroatoms. The van der Waals surface area contributed by atoms with Crippen LogP contribution < -0.4 is 10.6 Å². The molecule has 1 aromatic heterocycles. The summed E-state index contributed by atoms with van der Waals surface area (Å²) in [5.74, 6) is 0. The van der Waals surface area contributed by atoms with Crippen LogP contribution in [-0.2, 0) is 0 Å². The number of imidazole rings is 1. The molecule has 1 aliphatic rings. The number of benzene rings is 1. The Morgan fingerprint density at radius 3 is 2.72 bits per heavy atom. The SMILES string of the molecule is CN(CC1(CO)CC1)c1ccc2[nH]c(=O)[nH]c2c1. The number of aliphatic hydroxyl groups is 1. The number of fused-ring (bicyclic) bond motifs is 1. The molecular weight excluding hydrogens is 230 g/mol. The first kappa shape index (κ1) is 11.3. The lowest BCUT2D eigenvalue weighted by Gasteiger charge is -2.24. The van der Waals surface area contributed by atoms with E-state index in [9.17, 15) is 9.90 Å². The van der Waals surface area contributed by atoms with E-state index in [2.05, 4.69) is 14.9 Å². The molecule has 1 fully saturated rings. The van der Waals surface area contributed by atoms with Crippen molar-refractivity contribution in [2.75, 3.05) is 25.1 Å². The molecule has 0 saturated heterocycles. The zero-order valence-electron chi connectivity index (χ0n) is 10.4.